The summed E-state index contributed by atoms with van der Waals surface area (Å²) in [4.78, 5) is 16.4. The van der Waals surface area contributed by atoms with Gasteiger partial charge in [0.2, 0.25) is 0 Å². The molecule has 0 radical (unpaired) electrons. The fourth-order valence-electron chi connectivity index (χ4n) is 2.93. The molecule has 0 amide bonds. The molecule has 7 heteroatoms. The molecule has 2 fully saturated rings. The molecule has 1 saturated carbocycles. The molecule has 3 rings (SSSR count). The minimum atomic E-state index is -0.547. The van der Waals surface area contributed by atoms with Gasteiger partial charge >= 0.3 is 5.95 Å². The van der Waals surface area contributed by atoms with E-state index in [1.165, 1.54) is 10.8 Å². The predicted molar refractivity (Wildman–Crippen MR) is 63.1 cm³/mol. The van der Waals surface area contributed by atoms with Gasteiger partial charge in [-0.25, -0.2) is 4.57 Å². The highest BCUT2D eigenvalue weighted by Gasteiger charge is 2.42. The summed E-state index contributed by atoms with van der Waals surface area (Å²) in [5.41, 5.74) is 0. The van der Waals surface area contributed by atoms with E-state index in [0.717, 1.165) is 32.4 Å². The average Bonchev–Trinajstić information content (AvgIpc) is 3.06. The highest BCUT2D eigenvalue weighted by Crippen LogP contribution is 2.35. The van der Waals surface area contributed by atoms with Crippen molar-refractivity contribution in [2.24, 2.45) is 0 Å². The maximum atomic E-state index is 10.9. The Balaban J connectivity index is 1.85. The third-order valence-electron chi connectivity index (χ3n) is 3.91. The summed E-state index contributed by atoms with van der Waals surface area (Å²) in [7, 11) is 0. The minimum absolute atomic E-state index is 0.144. The number of rotatable bonds is 3. The van der Waals surface area contributed by atoms with E-state index < -0.39 is 11.0 Å². The molecule has 0 spiro atoms. The van der Waals surface area contributed by atoms with Crippen molar-refractivity contribution >= 4 is 5.95 Å². The first-order valence-corrected chi connectivity index (χ1v) is 6.28. The summed E-state index contributed by atoms with van der Waals surface area (Å²) in [6.07, 6.45) is 5.19. The number of nitrogens with zero attached hydrogens (tertiary/aromatic N) is 4. The van der Waals surface area contributed by atoms with E-state index in [1.54, 1.807) is 6.20 Å². The lowest BCUT2D eigenvalue weighted by molar-refractivity contribution is -0.397. The van der Waals surface area contributed by atoms with Crippen molar-refractivity contribution < 1.29 is 10.0 Å². The van der Waals surface area contributed by atoms with Crippen LogP contribution in [-0.4, -0.2) is 49.7 Å². The Morgan fingerprint density at radius 1 is 1.39 bits per heavy atom. The van der Waals surface area contributed by atoms with E-state index in [0.29, 0.717) is 0 Å². The van der Waals surface area contributed by atoms with Crippen LogP contribution >= 0.6 is 0 Å². The highest BCUT2D eigenvalue weighted by atomic mass is 16.6. The Labute approximate surface area is 104 Å². The number of aromatic nitrogens is 2. The van der Waals surface area contributed by atoms with Crippen LogP contribution in [0.1, 0.15) is 25.3 Å². The Morgan fingerprint density at radius 2 is 2.11 bits per heavy atom. The van der Waals surface area contributed by atoms with Crippen LogP contribution in [-0.2, 0) is 0 Å². The largest absolute Gasteiger partial charge is 0.434 e. The summed E-state index contributed by atoms with van der Waals surface area (Å²) in [6, 6.07) is -0.0852. The lowest BCUT2D eigenvalue weighted by atomic mass is 9.88. The van der Waals surface area contributed by atoms with Crippen LogP contribution in [0.25, 0.3) is 0 Å². The van der Waals surface area contributed by atoms with Crippen molar-refractivity contribution in [2.75, 3.05) is 13.1 Å². The molecular weight excluding hydrogens is 236 g/mol. The van der Waals surface area contributed by atoms with Crippen molar-refractivity contribution in [2.45, 2.75) is 37.5 Å². The Hall–Kier alpha value is -1.47. The zero-order chi connectivity index (χ0) is 12.7. The van der Waals surface area contributed by atoms with Gasteiger partial charge in [0.1, 0.15) is 24.5 Å². The normalized spacial score (nSPS) is 32.4. The second-order valence-electron chi connectivity index (χ2n) is 4.98. The van der Waals surface area contributed by atoms with Crippen LogP contribution < -0.4 is 0 Å². The van der Waals surface area contributed by atoms with Crippen LogP contribution in [0, 0.1) is 10.1 Å². The molecule has 1 aliphatic heterocycles. The van der Waals surface area contributed by atoms with Gasteiger partial charge in [-0.05, 0) is 24.2 Å². The molecule has 1 aromatic rings. The van der Waals surface area contributed by atoms with Crippen LogP contribution in [0.4, 0.5) is 5.95 Å². The van der Waals surface area contributed by atoms with Crippen LogP contribution in [0.5, 0.6) is 0 Å². The Bertz CT molecular complexity index is 457. The van der Waals surface area contributed by atoms with Crippen molar-refractivity contribution in [3.05, 3.63) is 22.5 Å². The number of imidazole rings is 1. The third-order valence-corrected chi connectivity index (χ3v) is 3.91. The van der Waals surface area contributed by atoms with E-state index in [-0.39, 0.29) is 18.0 Å². The first-order valence-electron chi connectivity index (χ1n) is 6.28. The number of nitro groups is 1. The highest BCUT2D eigenvalue weighted by molar-refractivity contribution is 5.11. The predicted octanol–water partition coefficient (Wildman–Crippen LogP) is 0.561. The average molecular weight is 252 g/mol. The SMILES string of the molecule is O=[N+]([O-])c1nccn1[C@H]1CCC[C@@H](N2CC2)[C@@H]1O. The minimum Gasteiger partial charge on any atom is -0.390 e. The fraction of sp³-hybridized carbons (Fsp3) is 0.727. The zero-order valence-corrected chi connectivity index (χ0v) is 9.97. The molecule has 2 aliphatic rings. The quantitative estimate of drug-likeness (QED) is 0.483. The smallest absolute Gasteiger partial charge is 0.390 e. The van der Waals surface area contributed by atoms with Crippen molar-refractivity contribution in [3.8, 4) is 0 Å². The fourth-order valence-corrected chi connectivity index (χ4v) is 2.93. The Kier molecular flexibility index (Phi) is 2.79. The topological polar surface area (TPSA) is 84.2 Å². The summed E-state index contributed by atoms with van der Waals surface area (Å²) < 4.78 is 1.51. The van der Waals surface area contributed by atoms with Gasteiger partial charge in [0, 0.05) is 19.1 Å². The molecule has 2 heterocycles. The van der Waals surface area contributed by atoms with E-state index in [9.17, 15) is 15.2 Å². The van der Waals surface area contributed by atoms with Gasteiger partial charge < -0.3 is 15.2 Å². The molecule has 0 aromatic carbocycles. The number of hydrogen-bond acceptors (Lipinski definition) is 5. The molecule has 1 aromatic heterocycles. The Morgan fingerprint density at radius 3 is 2.78 bits per heavy atom. The van der Waals surface area contributed by atoms with Gasteiger partial charge in [0.25, 0.3) is 0 Å². The molecule has 0 unspecified atom stereocenters. The van der Waals surface area contributed by atoms with Crippen molar-refractivity contribution in [1.82, 2.24) is 14.5 Å². The van der Waals surface area contributed by atoms with Gasteiger partial charge in [-0.3, -0.25) is 4.90 Å². The number of aliphatic hydroxyl groups excluding tert-OH is 1. The number of aliphatic hydroxyl groups is 1. The first-order chi connectivity index (χ1) is 8.68. The van der Waals surface area contributed by atoms with Gasteiger partial charge in [-0.1, -0.05) is 4.98 Å². The second kappa shape index (κ2) is 4.33. The summed E-state index contributed by atoms with van der Waals surface area (Å²) in [6.45, 7) is 2.06. The van der Waals surface area contributed by atoms with E-state index >= 15 is 0 Å². The summed E-state index contributed by atoms with van der Waals surface area (Å²) >= 11 is 0. The first kappa shape index (κ1) is 11.6. The standard InChI is InChI=1S/C11H16N4O3/c16-10-8(13-6-7-13)2-1-3-9(10)14-5-4-12-11(14)15(17)18/h4-5,8-10,16H,1-3,6-7H2/t8-,9+,10+/m1/s1. The maximum Gasteiger partial charge on any atom is 0.434 e. The molecule has 7 nitrogen and oxygen atoms in total. The van der Waals surface area contributed by atoms with Gasteiger partial charge in [0.05, 0.1) is 0 Å². The third kappa shape index (κ3) is 1.89. The maximum absolute atomic E-state index is 10.9. The summed E-state index contributed by atoms with van der Waals surface area (Å²) in [5.74, 6) is -0.175. The summed E-state index contributed by atoms with van der Waals surface area (Å²) in [5, 5.41) is 21.3. The van der Waals surface area contributed by atoms with Gasteiger partial charge in [-0.2, -0.15) is 0 Å². The van der Waals surface area contributed by atoms with Crippen LogP contribution in [0.2, 0.25) is 0 Å². The van der Waals surface area contributed by atoms with E-state index in [4.69, 9.17) is 0 Å². The van der Waals surface area contributed by atoms with Crippen LogP contribution in [0.15, 0.2) is 12.4 Å². The monoisotopic (exact) mass is 252 g/mol. The molecule has 3 atom stereocenters. The van der Waals surface area contributed by atoms with Gasteiger partial charge in [-0.15, -0.1) is 0 Å². The van der Waals surface area contributed by atoms with Crippen LogP contribution in [0.3, 0.4) is 0 Å². The second-order valence-corrected chi connectivity index (χ2v) is 4.98. The lowest BCUT2D eigenvalue weighted by Gasteiger charge is -2.34. The number of hydrogen-bond donors (Lipinski definition) is 1. The molecule has 98 valence electrons. The van der Waals surface area contributed by atoms with E-state index in [1.807, 2.05) is 0 Å². The van der Waals surface area contributed by atoms with Crippen molar-refractivity contribution in [3.63, 3.8) is 0 Å². The molecular formula is C11H16N4O3. The molecule has 1 aliphatic carbocycles. The molecule has 1 N–H and O–H groups in total. The molecule has 1 saturated heterocycles. The molecule has 0 bridgehead atoms. The van der Waals surface area contributed by atoms with Crippen molar-refractivity contribution in [1.29, 1.82) is 0 Å². The van der Waals surface area contributed by atoms with Gasteiger partial charge in [0.15, 0.2) is 0 Å². The lowest BCUT2D eigenvalue weighted by Crippen LogP contribution is -2.43. The zero-order valence-electron chi connectivity index (χ0n) is 9.97. The van der Waals surface area contributed by atoms with E-state index in [2.05, 4.69) is 9.88 Å². The molecule has 18 heavy (non-hydrogen) atoms.